The molecule has 1 atom stereocenters. The standard InChI is InChI=1S/C9H25B2N3O3/c1-10(16)13-6-3-5-12-8-9(15)4-7-14-11(2)17/h9,12-17H,3-8H2,1-2H3/t9-/m0/s1. The molecular weight excluding hydrogens is 220 g/mol. The van der Waals surface area contributed by atoms with Crippen molar-refractivity contribution in [2.24, 2.45) is 0 Å². The topological polar surface area (TPSA) is 96.8 Å². The van der Waals surface area contributed by atoms with Crippen LogP contribution in [0.5, 0.6) is 0 Å². The van der Waals surface area contributed by atoms with Gasteiger partial charge in [0.1, 0.15) is 0 Å². The van der Waals surface area contributed by atoms with Gasteiger partial charge in [-0.25, -0.2) is 0 Å². The molecule has 0 aliphatic heterocycles. The zero-order chi connectivity index (χ0) is 13.1. The third-order valence-electron chi connectivity index (χ3n) is 2.27. The van der Waals surface area contributed by atoms with Crippen molar-refractivity contribution >= 4 is 14.1 Å². The fraction of sp³-hybridized carbons (Fsp3) is 1.00. The van der Waals surface area contributed by atoms with E-state index in [-0.39, 0.29) is 0 Å². The van der Waals surface area contributed by atoms with Crippen molar-refractivity contribution in [2.45, 2.75) is 32.6 Å². The average Bonchev–Trinajstić information content (AvgIpc) is 2.22. The molecule has 0 saturated carbocycles. The predicted molar refractivity (Wildman–Crippen MR) is 71.8 cm³/mol. The molecule has 0 saturated heterocycles. The molecule has 0 aromatic rings. The number of aliphatic hydroxyl groups excluding tert-OH is 1. The van der Waals surface area contributed by atoms with E-state index in [2.05, 4.69) is 15.8 Å². The van der Waals surface area contributed by atoms with Crippen LogP contribution in [-0.2, 0) is 0 Å². The fourth-order valence-corrected chi connectivity index (χ4v) is 1.35. The number of hydrogen-bond acceptors (Lipinski definition) is 6. The average molecular weight is 245 g/mol. The Kier molecular flexibility index (Phi) is 10.9. The normalized spacial score (nSPS) is 12.5. The molecule has 0 radical (unpaired) electrons. The smallest absolute Gasteiger partial charge is 0.373 e. The van der Waals surface area contributed by atoms with E-state index in [0.29, 0.717) is 19.5 Å². The van der Waals surface area contributed by atoms with E-state index >= 15 is 0 Å². The van der Waals surface area contributed by atoms with Crippen LogP contribution >= 0.6 is 0 Å². The van der Waals surface area contributed by atoms with Gasteiger partial charge < -0.3 is 30.9 Å². The minimum absolute atomic E-state index is 0.397. The van der Waals surface area contributed by atoms with Gasteiger partial charge in [0, 0.05) is 6.54 Å². The second kappa shape index (κ2) is 11.0. The molecule has 0 amide bonds. The van der Waals surface area contributed by atoms with Crippen LogP contribution < -0.4 is 15.8 Å². The van der Waals surface area contributed by atoms with Gasteiger partial charge in [-0.05, 0) is 46.1 Å². The molecule has 6 nitrogen and oxygen atoms in total. The van der Waals surface area contributed by atoms with Gasteiger partial charge in [0.2, 0.25) is 0 Å². The van der Waals surface area contributed by atoms with E-state index in [1.165, 1.54) is 0 Å². The Morgan fingerprint density at radius 1 is 1.00 bits per heavy atom. The van der Waals surface area contributed by atoms with Gasteiger partial charge in [-0.15, -0.1) is 0 Å². The highest BCUT2D eigenvalue weighted by molar-refractivity contribution is 6.45. The van der Waals surface area contributed by atoms with Crippen molar-refractivity contribution in [1.29, 1.82) is 0 Å². The van der Waals surface area contributed by atoms with Crippen molar-refractivity contribution < 1.29 is 15.2 Å². The molecule has 0 bridgehead atoms. The van der Waals surface area contributed by atoms with Gasteiger partial charge in [-0.3, -0.25) is 0 Å². The van der Waals surface area contributed by atoms with Crippen LogP contribution in [0.1, 0.15) is 12.8 Å². The minimum Gasteiger partial charge on any atom is -0.437 e. The lowest BCUT2D eigenvalue weighted by Crippen LogP contribution is -2.36. The Bertz CT molecular complexity index is 176. The van der Waals surface area contributed by atoms with E-state index in [1.807, 2.05) is 0 Å². The van der Waals surface area contributed by atoms with Gasteiger partial charge in [-0.1, -0.05) is 0 Å². The Labute approximate surface area is 104 Å². The van der Waals surface area contributed by atoms with Crippen molar-refractivity contribution in [3.8, 4) is 0 Å². The van der Waals surface area contributed by atoms with Gasteiger partial charge in [-0.2, -0.15) is 0 Å². The van der Waals surface area contributed by atoms with Gasteiger partial charge in [0.25, 0.3) is 0 Å². The molecule has 17 heavy (non-hydrogen) atoms. The lowest BCUT2D eigenvalue weighted by Gasteiger charge is -2.12. The van der Waals surface area contributed by atoms with E-state index in [0.717, 1.165) is 19.5 Å². The van der Waals surface area contributed by atoms with Crippen LogP contribution in [0.15, 0.2) is 0 Å². The van der Waals surface area contributed by atoms with Gasteiger partial charge in [0.05, 0.1) is 6.10 Å². The second-order valence-corrected chi connectivity index (χ2v) is 4.26. The van der Waals surface area contributed by atoms with Crippen molar-refractivity contribution in [1.82, 2.24) is 15.8 Å². The molecule has 0 unspecified atom stereocenters. The first-order chi connectivity index (χ1) is 8.02. The van der Waals surface area contributed by atoms with Crippen LogP contribution in [-0.4, -0.2) is 61.5 Å². The Morgan fingerprint density at radius 3 is 2.18 bits per heavy atom. The van der Waals surface area contributed by atoms with E-state index in [9.17, 15) is 5.11 Å². The van der Waals surface area contributed by atoms with E-state index < -0.39 is 20.2 Å². The molecule has 0 heterocycles. The number of nitrogens with one attached hydrogen (secondary N) is 3. The molecule has 0 aliphatic rings. The Hall–Kier alpha value is -0.110. The highest BCUT2D eigenvalue weighted by Gasteiger charge is 2.06. The van der Waals surface area contributed by atoms with Crippen LogP contribution in [0.2, 0.25) is 13.6 Å². The van der Waals surface area contributed by atoms with Crippen LogP contribution in [0.3, 0.4) is 0 Å². The summed E-state index contributed by atoms with van der Waals surface area (Å²) in [6.45, 7) is 6.05. The highest BCUT2D eigenvalue weighted by atomic mass is 16.3. The molecule has 100 valence electrons. The molecule has 8 heteroatoms. The summed E-state index contributed by atoms with van der Waals surface area (Å²) in [6, 6.07) is 0. The Balaban J connectivity index is 3.19. The van der Waals surface area contributed by atoms with Crippen molar-refractivity contribution in [3.63, 3.8) is 0 Å². The van der Waals surface area contributed by atoms with Gasteiger partial charge in [0.15, 0.2) is 0 Å². The van der Waals surface area contributed by atoms with Crippen LogP contribution in [0.4, 0.5) is 0 Å². The molecular formula is C9H25B2N3O3. The maximum absolute atomic E-state index is 9.57. The summed E-state index contributed by atoms with van der Waals surface area (Å²) < 4.78 is 0. The Morgan fingerprint density at radius 2 is 1.59 bits per heavy atom. The first-order valence-corrected chi connectivity index (χ1v) is 6.24. The maximum Gasteiger partial charge on any atom is 0.373 e. The summed E-state index contributed by atoms with van der Waals surface area (Å²) in [4.78, 5) is 0. The fourth-order valence-electron chi connectivity index (χ4n) is 1.35. The van der Waals surface area contributed by atoms with E-state index in [1.54, 1.807) is 13.6 Å². The van der Waals surface area contributed by atoms with Crippen LogP contribution in [0, 0.1) is 0 Å². The molecule has 6 N–H and O–H groups in total. The third-order valence-corrected chi connectivity index (χ3v) is 2.27. The first-order valence-electron chi connectivity index (χ1n) is 6.24. The van der Waals surface area contributed by atoms with E-state index in [4.69, 9.17) is 10.0 Å². The first kappa shape index (κ1) is 16.9. The lowest BCUT2D eigenvalue weighted by molar-refractivity contribution is 0.163. The quantitative estimate of drug-likeness (QED) is 0.188. The molecule has 0 rings (SSSR count). The third kappa shape index (κ3) is 13.8. The monoisotopic (exact) mass is 245 g/mol. The summed E-state index contributed by atoms with van der Waals surface area (Å²) in [5, 5.41) is 36.3. The zero-order valence-electron chi connectivity index (χ0n) is 10.8. The largest absolute Gasteiger partial charge is 0.437 e. The highest BCUT2D eigenvalue weighted by Crippen LogP contribution is 1.88. The molecule has 0 fully saturated rings. The summed E-state index contributed by atoms with van der Waals surface area (Å²) in [5.41, 5.74) is 0. The summed E-state index contributed by atoms with van der Waals surface area (Å²) in [6.07, 6.45) is 1.12. The lowest BCUT2D eigenvalue weighted by atomic mass is 9.89. The molecule has 0 aromatic heterocycles. The zero-order valence-corrected chi connectivity index (χ0v) is 10.8. The molecule has 0 aromatic carbocycles. The summed E-state index contributed by atoms with van der Waals surface area (Å²) in [7, 11) is -0.992. The van der Waals surface area contributed by atoms with Crippen molar-refractivity contribution in [3.05, 3.63) is 0 Å². The van der Waals surface area contributed by atoms with Crippen LogP contribution in [0.25, 0.3) is 0 Å². The van der Waals surface area contributed by atoms with Gasteiger partial charge >= 0.3 is 14.1 Å². The molecule has 0 aliphatic carbocycles. The minimum atomic E-state index is -0.526. The number of hydrogen-bond donors (Lipinski definition) is 6. The number of rotatable bonds is 11. The molecule has 0 spiro atoms. The second-order valence-electron chi connectivity index (χ2n) is 4.26. The summed E-state index contributed by atoms with van der Waals surface area (Å²) in [5.74, 6) is 0. The summed E-state index contributed by atoms with van der Waals surface area (Å²) >= 11 is 0. The maximum atomic E-state index is 9.57. The number of aliphatic hydroxyl groups is 1. The van der Waals surface area contributed by atoms with Crippen molar-refractivity contribution in [2.75, 3.05) is 26.2 Å². The SMILES string of the molecule is CB(O)NCCCNC[C@@H](O)CCNB(C)O. The predicted octanol–water partition coefficient (Wildman–Crippen LogP) is -1.88.